The molecule has 28 heavy (non-hydrogen) atoms. The molecule has 6 heteroatoms. The van der Waals surface area contributed by atoms with Crippen LogP contribution in [0.3, 0.4) is 0 Å². The summed E-state index contributed by atoms with van der Waals surface area (Å²) in [7, 11) is -4.00. The smallest absolute Gasteiger partial charge is 0.261 e. The van der Waals surface area contributed by atoms with Gasteiger partial charge in [0.25, 0.3) is 15.9 Å². The van der Waals surface area contributed by atoms with Crippen LogP contribution in [0.25, 0.3) is 0 Å². The number of sulfonamides is 1. The van der Waals surface area contributed by atoms with Gasteiger partial charge in [0.2, 0.25) is 0 Å². The largest absolute Gasteiger partial charge is 0.320 e. The van der Waals surface area contributed by atoms with Gasteiger partial charge in [0.1, 0.15) is 0 Å². The van der Waals surface area contributed by atoms with Crippen LogP contribution in [-0.4, -0.2) is 20.4 Å². The molecule has 0 bridgehead atoms. The van der Waals surface area contributed by atoms with Gasteiger partial charge < -0.3 is 5.73 Å². The van der Waals surface area contributed by atoms with Gasteiger partial charge in [-0.15, -0.1) is 0 Å². The van der Waals surface area contributed by atoms with Crippen LogP contribution in [0.15, 0.2) is 22.1 Å². The maximum atomic E-state index is 13.4. The van der Waals surface area contributed by atoms with Gasteiger partial charge in [0, 0.05) is 5.41 Å². The summed E-state index contributed by atoms with van der Waals surface area (Å²) < 4.78 is 29.1. The standard InChI is InChI=1S/C22H40N2O3S/c1-13(2)10-19(23)21(25)24-28(26,27)20-18(15(5)6)11-17(14(3)4)12-22(20,9)16(7)8/h11,13-16,19H,10,12,23H2,1-9H3,(H,24,25)/t19-,22?/m0/s1. The van der Waals surface area contributed by atoms with Crippen LogP contribution in [0.4, 0.5) is 0 Å². The van der Waals surface area contributed by atoms with E-state index in [0.29, 0.717) is 23.7 Å². The quantitative estimate of drug-likeness (QED) is 0.620. The fourth-order valence-corrected chi connectivity index (χ4v) is 5.80. The Morgan fingerprint density at radius 3 is 2.04 bits per heavy atom. The summed E-state index contributed by atoms with van der Waals surface area (Å²) in [6.45, 7) is 18.3. The maximum Gasteiger partial charge on any atom is 0.261 e. The fourth-order valence-electron chi connectivity index (χ4n) is 3.75. The SMILES string of the molecule is CC(C)C[C@H](N)C(=O)NS(=O)(=O)C1=C(C(C)C)C=C(C(C)C)CC1(C)C(C)C. The van der Waals surface area contributed by atoms with Crippen molar-refractivity contribution in [2.75, 3.05) is 0 Å². The highest BCUT2D eigenvalue weighted by Gasteiger charge is 2.45. The molecule has 0 saturated heterocycles. The van der Waals surface area contributed by atoms with Gasteiger partial charge in [-0.3, -0.25) is 4.79 Å². The molecule has 0 aromatic carbocycles. The Morgan fingerprint density at radius 2 is 1.64 bits per heavy atom. The Morgan fingerprint density at radius 1 is 1.11 bits per heavy atom. The van der Waals surface area contributed by atoms with Crippen molar-refractivity contribution < 1.29 is 13.2 Å². The number of carbonyl (C=O) groups is 1. The normalized spacial score (nSPS) is 22.3. The van der Waals surface area contributed by atoms with E-state index in [1.165, 1.54) is 5.57 Å². The van der Waals surface area contributed by atoms with Crippen LogP contribution in [0.1, 0.15) is 75.2 Å². The first-order valence-electron chi connectivity index (χ1n) is 10.4. The maximum absolute atomic E-state index is 13.4. The first-order valence-corrected chi connectivity index (χ1v) is 11.9. The summed E-state index contributed by atoms with van der Waals surface area (Å²) in [6, 6.07) is -0.839. The van der Waals surface area contributed by atoms with Crippen molar-refractivity contribution in [1.82, 2.24) is 4.72 Å². The molecule has 0 aliphatic heterocycles. The van der Waals surface area contributed by atoms with Crippen molar-refractivity contribution in [3.05, 3.63) is 22.1 Å². The highest BCUT2D eigenvalue weighted by atomic mass is 32.2. The van der Waals surface area contributed by atoms with E-state index in [1.807, 2.05) is 54.5 Å². The second-order valence-corrected chi connectivity index (χ2v) is 11.4. The Bertz CT molecular complexity index is 746. The predicted molar refractivity (Wildman–Crippen MR) is 117 cm³/mol. The number of rotatable bonds is 8. The molecule has 5 nitrogen and oxygen atoms in total. The Hall–Kier alpha value is -1.14. The van der Waals surface area contributed by atoms with E-state index in [9.17, 15) is 13.2 Å². The molecule has 1 aliphatic rings. The minimum Gasteiger partial charge on any atom is -0.320 e. The van der Waals surface area contributed by atoms with Gasteiger partial charge >= 0.3 is 0 Å². The molecule has 0 heterocycles. The van der Waals surface area contributed by atoms with Crippen LogP contribution in [0.5, 0.6) is 0 Å². The third-order valence-electron chi connectivity index (χ3n) is 5.90. The predicted octanol–water partition coefficient (Wildman–Crippen LogP) is 4.36. The number of nitrogens with two attached hydrogens (primary N) is 1. The fraction of sp³-hybridized carbons (Fsp3) is 0.773. The molecule has 0 aromatic heterocycles. The molecule has 1 aliphatic carbocycles. The van der Waals surface area contributed by atoms with E-state index in [2.05, 4.69) is 18.6 Å². The van der Waals surface area contributed by atoms with Crippen molar-refractivity contribution in [3.63, 3.8) is 0 Å². The number of carbonyl (C=O) groups excluding carboxylic acids is 1. The van der Waals surface area contributed by atoms with Crippen LogP contribution in [0, 0.1) is 29.1 Å². The molecule has 3 N–H and O–H groups in total. The third kappa shape index (κ3) is 5.47. The molecule has 1 unspecified atom stereocenters. The van der Waals surface area contributed by atoms with Crippen LogP contribution < -0.4 is 10.5 Å². The lowest BCUT2D eigenvalue weighted by Gasteiger charge is -2.42. The average Bonchev–Trinajstić information content (AvgIpc) is 2.52. The van der Waals surface area contributed by atoms with E-state index in [1.54, 1.807) is 0 Å². The second kappa shape index (κ2) is 9.12. The van der Waals surface area contributed by atoms with Crippen LogP contribution >= 0.6 is 0 Å². The summed E-state index contributed by atoms with van der Waals surface area (Å²) in [5.41, 5.74) is 7.40. The Balaban J connectivity index is 3.54. The van der Waals surface area contributed by atoms with Crippen molar-refractivity contribution in [1.29, 1.82) is 0 Å². The monoisotopic (exact) mass is 412 g/mol. The van der Waals surface area contributed by atoms with Gasteiger partial charge in [-0.05, 0) is 42.1 Å². The number of allylic oxidation sites excluding steroid dienone is 4. The summed E-state index contributed by atoms with van der Waals surface area (Å²) in [5, 5.41) is 0. The molecule has 0 fully saturated rings. The third-order valence-corrected chi connectivity index (χ3v) is 7.61. The van der Waals surface area contributed by atoms with Crippen LogP contribution in [0.2, 0.25) is 0 Å². The lowest BCUT2D eigenvalue weighted by atomic mass is 9.67. The topological polar surface area (TPSA) is 89.3 Å². The van der Waals surface area contributed by atoms with Gasteiger partial charge in [-0.1, -0.05) is 74.0 Å². The second-order valence-electron chi connectivity index (χ2n) is 9.77. The van der Waals surface area contributed by atoms with E-state index in [0.717, 1.165) is 5.57 Å². The number of hydrogen-bond donors (Lipinski definition) is 2. The number of hydrogen-bond acceptors (Lipinski definition) is 4. The number of nitrogens with one attached hydrogen (secondary N) is 1. The molecule has 1 amide bonds. The Kier molecular flexibility index (Phi) is 8.11. The zero-order valence-electron chi connectivity index (χ0n) is 19.1. The minimum atomic E-state index is -4.00. The first kappa shape index (κ1) is 24.9. The zero-order valence-corrected chi connectivity index (χ0v) is 19.9. The molecule has 0 aromatic rings. The molecular weight excluding hydrogens is 372 g/mol. The van der Waals surface area contributed by atoms with Gasteiger partial charge in [-0.25, -0.2) is 13.1 Å². The van der Waals surface area contributed by atoms with Gasteiger partial charge in [0.15, 0.2) is 0 Å². The molecule has 162 valence electrons. The van der Waals surface area contributed by atoms with Crippen molar-refractivity contribution in [2.45, 2.75) is 81.2 Å². The van der Waals surface area contributed by atoms with Gasteiger partial charge in [0.05, 0.1) is 10.9 Å². The summed E-state index contributed by atoms with van der Waals surface area (Å²) in [6.07, 6.45) is 3.14. The summed E-state index contributed by atoms with van der Waals surface area (Å²) >= 11 is 0. The molecule has 1 rings (SSSR count). The lowest BCUT2D eigenvalue weighted by molar-refractivity contribution is -0.120. The van der Waals surface area contributed by atoms with E-state index in [4.69, 9.17) is 5.73 Å². The van der Waals surface area contributed by atoms with E-state index >= 15 is 0 Å². The van der Waals surface area contributed by atoms with E-state index in [-0.39, 0.29) is 17.8 Å². The first-order chi connectivity index (χ1) is 12.6. The van der Waals surface area contributed by atoms with Gasteiger partial charge in [-0.2, -0.15) is 0 Å². The molecule has 0 saturated carbocycles. The van der Waals surface area contributed by atoms with Crippen molar-refractivity contribution in [3.8, 4) is 0 Å². The van der Waals surface area contributed by atoms with Crippen molar-refractivity contribution in [2.24, 2.45) is 34.8 Å². The number of amides is 1. The highest BCUT2D eigenvalue weighted by molar-refractivity contribution is 7.94. The average molecular weight is 413 g/mol. The summed E-state index contributed by atoms with van der Waals surface area (Å²) in [5.74, 6) is 0.0353. The van der Waals surface area contributed by atoms with E-state index < -0.39 is 27.4 Å². The minimum absolute atomic E-state index is 0.0261. The molecule has 2 atom stereocenters. The molecule has 0 spiro atoms. The van der Waals surface area contributed by atoms with Crippen molar-refractivity contribution >= 4 is 15.9 Å². The zero-order chi connectivity index (χ0) is 22.0. The Labute approximate surface area is 172 Å². The summed E-state index contributed by atoms with van der Waals surface area (Å²) in [4.78, 5) is 12.9. The van der Waals surface area contributed by atoms with Crippen LogP contribution in [-0.2, 0) is 14.8 Å². The molecular formula is C22H40N2O3S. The highest BCUT2D eigenvalue weighted by Crippen LogP contribution is 2.50. The lowest BCUT2D eigenvalue weighted by Crippen LogP contribution is -2.47. The molecule has 0 radical (unpaired) electrons.